The van der Waals surface area contributed by atoms with Crippen LogP contribution in [0.2, 0.25) is 0 Å². The molecule has 2 N–H and O–H groups in total. The molecule has 140 valence electrons. The van der Waals surface area contributed by atoms with E-state index in [0.717, 1.165) is 36.9 Å². The van der Waals surface area contributed by atoms with Gasteiger partial charge in [0.2, 0.25) is 0 Å². The highest BCUT2D eigenvalue weighted by Gasteiger charge is 2.21. The summed E-state index contributed by atoms with van der Waals surface area (Å²) < 4.78 is 5.83. The number of benzene rings is 1. The molecular weight excluding hydrogens is 312 g/mol. The Morgan fingerprint density at radius 2 is 2.00 bits per heavy atom. The summed E-state index contributed by atoms with van der Waals surface area (Å²) in [5, 5.41) is 6.93. The van der Waals surface area contributed by atoms with Gasteiger partial charge in [-0.2, -0.15) is 0 Å². The number of likely N-dealkylation sites (tertiary alicyclic amines) is 1. The van der Waals surface area contributed by atoms with E-state index in [0.29, 0.717) is 25.2 Å². The Kier molecular flexibility index (Phi) is 8.06. The van der Waals surface area contributed by atoms with Gasteiger partial charge < -0.3 is 20.3 Å². The molecule has 0 atom stereocenters. The molecule has 1 fully saturated rings. The first-order valence-corrected chi connectivity index (χ1v) is 9.57. The maximum atomic E-state index is 5.83. The van der Waals surface area contributed by atoms with Gasteiger partial charge in [-0.25, -0.2) is 4.99 Å². The molecule has 5 nitrogen and oxygen atoms in total. The number of aliphatic imine (C=N–C) groups is 1. The first kappa shape index (κ1) is 19.6. The minimum Gasteiger partial charge on any atom is -0.491 e. The molecule has 1 aliphatic rings. The molecule has 0 aliphatic carbocycles. The van der Waals surface area contributed by atoms with Gasteiger partial charge in [0, 0.05) is 31.7 Å². The SMILES string of the molecule is CCNC(=NCCOc1ccccc1C)NC1CCN(C(C)C)CC1. The van der Waals surface area contributed by atoms with Crippen molar-refractivity contribution in [2.24, 2.45) is 4.99 Å². The van der Waals surface area contributed by atoms with E-state index < -0.39 is 0 Å². The quantitative estimate of drug-likeness (QED) is 0.453. The molecule has 0 bridgehead atoms. The highest BCUT2D eigenvalue weighted by Crippen LogP contribution is 2.16. The summed E-state index contributed by atoms with van der Waals surface area (Å²) in [6, 6.07) is 9.24. The number of nitrogens with zero attached hydrogens (tertiary/aromatic N) is 2. The molecule has 25 heavy (non-hydrogen) atoms. The first-order chi connectivity index (χ1) is 12.1. The summed E-state index contributed by atoms with van der Waals surface area (Å²) in [4.78, 5) is 7.20. The lowest BCUT2D eigenvalue weighted by Crippen LogP contribution is -2.50. The predicted molar refractivity (Wildman–Crippen MR) is 106 cm³/mol. The predicted octanol–water partition coefficient (Wildman–Crippen LogP) is 2.80. The van der Waals surface area contributed by atoms with Crippen molar-refractivity contribution < 1.29 is 4.74 Å². The van der Waals surface area contributed by atoms with Gasteiger partial charge in [-0.1, -0.05) is 18.2 Å². The van der Waals surface area contributed by atoms with Crippen LogP contribution < -0.4 is 15.4 Å². The Labute approximate surface area is 152 Å². The monoisotopic (exact) mass is 346 g/mol. The largest absolute Gasteiger partial charge is 0.491 e. The summed E-state index contributed by atoms with van der Waals surface area (Å²) in [5.41, 5.74) is 1.16. The zero-order valence-corrected chi connectivity index (χ0v) is 16.2. The molecule has 5 heteroatoms. The lowest BCUT2D eigenvalue weighted by atomic mass is 10.0. The fraction of sp³-hybridized carbons (Fsp3) is 0.650. The average molecular weight is 347 g/mol. The highest BCUT2D eigenvalue weighted by molar-refractivity contribution is 5.80. The van der Waals surface area contributed by atoms with Crippen LogP contribution in [0.15, 0.2) is 29.3 Å². The average Bonchev–Trinajstić information content (AvgIpc) is 2.60. The second-order valence-electron chi connectivity index (χ2n) is 6.92. The molecule has 0 spiro atoms. The van der Waals surface area contributed by atoms with Gasteiger partial charge in [-0.15, -0.1) is 0 Å². The molecule has 2 rings (SSSR count). The summed E-state index contributed by atoms with van der Waals surface area (Å²) in [5.74, 6) is 1.84. The lowest BCUT2D eigenvalue weighted by molar-refractivity contribution is 0.167. The van der Waals surface area contributed by atoms with Crippen LogP contribution in [0.25, 0.3) is 0 Å². The second kappa shape index (κ2) is 10.3. The fourth-order valence-corrected chi connectivity index (χ4v) is 3.10. The number of ether oxygens (including phenoxy) is 1. The standard InChI is InChI=1S/C20H34N4O/c1-5-21-20(23-18-10-13-24(14-11-18)16(2)3)22-12-15-25-19-9-7-6-8-17(19)4/h6-9,16,18H,5,10-15H2,1-4H3,(H2,21,22,23). The third-order valence-corrected chi connectivity index (χ3v) is 4.66. The number of hydrogen-bond acceptors (Lipinski definition) is 3. The molecular formula is C20H34N4O. The Balaban J connectivity index is 1.77. The van der Waals surface area contributed by atoms with E-state index in [1.807, 2.05) is 18.2 Å². The molecule has 0 saturated carbocycles. The van der Waals surface area contributed by atoms with Gasteiger partial charge in [0.25, 0.3) is 0 Å². The fourth-order valence-electron chi connectivity index (χ4n) is 3.10. The molecule has 1 aliphatic heterocycles. The van der Waals surface area contributed by atoms with Crippen molar-refractivity contribution in [3.8, 4) is 5.75 Å². The van der Waals surface area contributed by atoms with Gasteiger partial charge in [-0.05, 0) is 52.2 Å². The summed E-state index contributed by atoms with van der Waals surface area (Å²) >= 11 is 0. The van der Waals surface area contributed by atoms with Crippen molar-refractivity contribution in [2.45, 2.75) is 52.6 Å². The van der Waals surface area contributed by atoms with Gasteiger partial charge in [0.15, 0.2) is 5.96 Å². The van der Waals surface area contributed by atoms with E-state index in [9.17, 15) is 0 Å². The maximum Gasteiger partial charge on any atom is 0.191 e. The zero-order valence-electron chi connectivity index (χ0n) is 16.2. The van der Waals surface area contributed by atoms with E-state index in [1.54, 1.807) is 0 Å². The molecule has 1 heterocycles. The Morgan fingerprint density at radius 3 is 2.64 bits per heavy atom. The number of rotatable bonds is 7. The van der Waals surface area contributed by atoms with Crippen LogP contribution in [-0.2, 0) is 0 Å². The van der Waals surface area contributed by atoms with Crippen molar-refractivity contribution in [3.63, 3.8) is 0 Å². The van der Waals surface area contributed by atoms with Crippen LogP contribution in [0, 0.1) is 6.92 Å². The maximum absolute atomic E-state index is 5.83. The van der Waals surface area contributed by atoms with E-state index >= 15 is 0 Å². The molecule has 0 radical (unpaired) electrons. The van der Waals surface area contributed by atoms with Crippen molar-refractivity contribution in [3.05, 3.63) is 29.8 Å². The van der Waals surface area contributed by atoms with Crippen LogP contribution in [0.4, 0.5) is 0 Å². The van der Waals surface area contributed by atoms with Crippen LogP contribution in [0.1, 0.15) is 39.2 Å². The number of aryl methyl sites for hydroxylation is 1. The number of guanidine groups is 1. The molecule has 0 amide bonds. The summed E-state index contributed by atoms with van der Waals surface area (Å²) in [7, 11) is 0. The second-order valence-corrected chi connectivity index (χ2v) is 6.92. The third-order valence-electron chi connectivity index (χ3n) is 4.66. The Morgan fingerprint density at radius 1 is 1.28 bits per heavy atom. The minimum atomic E-state index is 0.505. The van der Waals surface area contributed by atoms with E-state index in [1.165, 1.54) is 12.8 Å². The van der Waals surface area contributed by atoms with Crippen LogP contribution in [0.5, 0.6) is 5.75 Å². The lowest BCUT2D eigenvalue weighted by Gasteiger charge is -2.35. The highest BCUT2D eigenvalue weighted by atomic mass is 16.5. The van der Waals surface area contributed by atoms with Crippen molar-refractivity contribution in [1.29, 1.82) is 0 Å². The molecule has 1 aromatic rings. The van der Waals surface area contributed by atoms with Crippen LogP contribution in [0.3, 0.4) is 0 Å². The van der Waals surface area contributed by atoms with E-state index in [4.69, 9.17) is 4.74 Å². The number of piperidine rings is 1. The number of nitrogens with one attached hydrogen (secondary N) is 2. The van der Waals surface area contributed by atoms with Crippen LogP contribution >= 0.6 is 0 Å². The normalized spacial score (nSPS) is 16.9. The molecule has 1 saturated heterocycles. The minimum absolute atomic E-state index is 0.505. The van der Waals surface area contributed by atoms with Crippen molar-refractivity contribution >= 4 is 5.96 Å². The topological polar surface area (TPSA) is 48.9 Å². The Bertz CT molecular complexity index is 536. The van der Waals surface area contributed by atoms with Gasteiger partial charge in [0.05, 0.1) is 6.54 Å². The van der Waals surface area contributed by atoms with E-state index in [2.05, 4.69) is 54.3 Å². The van der Waals surface area contributed by atoms with Gasteiger partial charge >= 0.3 is 0 Å². The van der Waals surface area contributed by atoms with Crippen molar-refractivity contribution in [1.82, 2.24) is 15.5 Å². The number of hydrogen-bond donors (Lipinski definition) is 2. The summed E-state index contributed by atoms with van der Waals surface area (Å²) in [6.07, 6.45) is 2.34. The van der Waals surface area contributed by atoms with E-state index in [-0.39, 0.29) is 0 Å². The smallest absolute Gasteiger partial charge is 0.191 e. The van der Waals surface area contributed by atoms with Crippen LogP contribution in [-0.4, -0.2) is 55.7 Å². The third kappa shape index (κ3) is 6.58. The van der Waals surface area contributed by atoms with Gasteiger partial charge in [-0.3, -0.25) is 0 Å². The number of para-hydroxylation sites is 1. The zero-order chi connectivity index (χ0) is 18.1. The molecule has 0 aromatic heterocycles. The van der Waals surface area contributed by atoms with Gasteiger partial charge in [0.1, 0.15) is 12.4 Å². The molecule has 0 unspecified atom stereocenters. The summed E-state index contributed by atoms with van der Waals surface area (Å²) in [6.45, 7) is 13.1. The molecule has 1 aromatic carbocycles. The Hall–Kier alpha value is -1.75. The first-order valence-electron chi connectivity index (χ1n) is 9.57. The van der Waals surface area contributed by atoms with Crippen molar-refractivity contribution in [2.75, 3.05) is 32.8 Å².